The summed E-state index contributed by atoms with van der Waals surface area (Å²) in [5.74, 6) is 0. The van der Waals surface area contributed by atoms with Gasteiger partial charge in [0.2, 0.25) is 0 Å². The summed E-state index contributed by atoms with van der Waals surface area (Å²) in [6.07, 6.45) is 7.91. The van der Waals surface area contributed by atoms with E-state index in [9.17, 15) is 0 Å². The average Bonchev–Trinajstić information content (AvgIpc) is 1.88. The van der Waals surface area contributed by atoms with Gasteiger partial charge in [-0.1, -0.05) is 23.9 Å². The van der Waals surface area contributed by atoms with Gasteiger partial charge in [-0.15, -0.1) is 0 Å². The molecule has 0 radical (unpaired) electrons. The average molecular weight is 156 g/mol. The fourth-order valence-electron chi connectivity index (χ4n) is 1.04. The summed E-state index contributed by atoms with van der Waals surface area (Å²) in [5.41, 5.74) is 5.24. The van der Waals surface area contributed by atoms with Crippen molar-refractivity contribution in [2.45, 2.75) is 24.5 Å². The summed E-state index contributed by atoms with van der Waals surface area (Å²) in [7, 11) is 0. The van der Waals surface area contributed by atoms with Crippen molar-refractivity contribution in [3.8, 4) is 0 Å². The molecule has 0 spiro atoms. The SMILES string of the molecule is N=C(N)SC1C=CCCC1. The Kier molecular flexibility index (Phi) is 2.81. The zero-order valence-corrected chi connectivity index (χ0v) is 6.66. The molecule has 1 aliphatic rings. The first-order chi connectivity index (χ1) is 4.79. The number of amidine groups is 1. The maximum atomic E-state index is 7.04. The molecule has 1 rings (SSSR count). The van der Waals surface area contributed by atoms with Crippen LogP contribution in [0, 0.1) is 5.41 Å². The molecule has 10 heavy (non-hydrogen) atoms. The molecular formula is C7H12N2S. The van der Waals surface area contributed by atoms with Crippen LogP contribution in [0.2, 0.25) is 0 Å². The van der Waals surface area contributed by atoms with Gasteiger partial charge < -0.3 is 5.73 Å². The smallest absolute Gasteiger partial charge is 0.151 e. The Balaban J connectivity index is 2.33. The normalized spacial score (nSPS) is 24.6. The largest absolute Gasteiger partial charge is 0.379 e. The van der Waals surface area contributed by atoms with Crippen LogP contribution in [0.25, 0.3) is 0 Å². The van der Waals surface area contributed by atoms with Gasteiger partial charge in [-0.3, -0.25) is 5.41 Å². The summed E-state index contributed by atoms with van der Waals surface area (Å²) in [5, 5.41) is 7.73. The van der Waals surface area contributed by atoms with Gasteiger partial charge in [0.1, 0.15) is 0 Å². The number of hydrogen-bond donors (Lipinski definition) is 2. The molecule has 0 amide bonds. The molecule has 0 heterocycles. The first-order valence-electron chi connectivity index (χ1n) is 3.46. The molecule has 0 saturated carbocycles. The van der Waals surface area contributed by atoms with Crippen LogP contribution in [0.15, 0.2) is 12.2 Å². The molecule has 0 aliphatic heterocycles. The number of nitrogens with one attached hydrogen (secondary N) is 1. The van der Waals surface area contributed by atoms with E-state index in [0.29, 0.717) is 5.25 Å². The van der Waals surface area contributed by atoms with Crippen LogP contribution < -0.4 is 5.73 Å². The van der Waals surface area contributed by atoms with Crippen LogP contribution in [-0.2, 0) is 0 Å². The van der Waals surface area contributed by atoms with Crippen molar-refractivity contribution in [1.29, 1.82) is 5.41 Å². The maximum Gasteiger partial charge on any atom is 0.151 e. The van der Waals surface area contributed by atoms with Gasteiger partial charge in [0.25, 0.3) is 0 Å². The van der Waals surface area contributed by atoms with E-state index in [2.05, 4.69) is 12.2 Å². The summed E-state index contributed by atoms with van der Waals surface area (Å²) >= 11 is 1.45. The van der Waals surface area contributed by atoms with Crippen molar-refractivity contribution in [1.82, 2.24) is 0 Å². The molecule has 3 heteroatoms. The molecule has 3 N–H and O–H groups in total. The molecule has 0 aromatic heterocycles. The Morgan fingerprint density at radius 2 is 2.50 bits per heavy atom. The Bertz CT molecular complexity index is 154. The molecule has 56 valence electrons. The Morgan fingerprint density at radius 1 is 1.70 bits per heavy atom. The van der Waals surface area contributed by atoms with Gasteiger partial charge in [-0.25, -0.2) is 0 Å². The third-order valence-electron chi connectivity index (χ3n) is 1.49. The Morgan fingerprint density at radius 3 is 3.00 bits per heavy atom. The highest BCUT2D eigenvalue weighted by molar-refractivity contribution is 8.14. The lowest BCUT2D eigenvalue weighted by molar-refractivity contribution is 0.742. The van der Waals surface area contributed by atoms with Gasteiger partial charge in [0.05, 0.1) is 0 Å². The van der Waals surface area contributed by atoms with Crippen LogP contribution in [0.4, 0.5) is 0 Å². The second-order valence-corrected chi connectivity index (χ2v) is 3.66. The van der Waals surface area contributed by atoms with Gasteiger partial charge in [-0.2, -0.15) is 0 Å². The van der Waals surface area contributed by atoms with E-state index in [4.69, 9.17) is 11.1 Å². The molecule has 0 aromatic carbocycles. The second kappa shape index (κ2) is 3.66. The van der Waals surface area contributed by atoms with Gasteiger partial charge in [-0.05, 0) is 19.3 Å². The first kappa shape index (κ1) is 7.66. The minimum Gasteiger partial charge on any atom is -0.379 e. The molecule has 0 aromatic rings. The van der Waals surface area contributed by atoms with Crippen molar-refractivity contribution >= 4 is 16.9 Å². The maximum absolute atomic E-state index is 7.04. The quantitative estimate of drug-likeness (QED) is 0.345. The van der Waals surface area contributed by atoms with Gasteiger partial charge >= 0.3 is 0 Å². The Labute approximate surface area is 65.4 Å². The fourth-order valence-corrected chi connectivity index (χ4v) is 1.84. The monoisotopic (exact) mass is 156 g/mol. The zero-order chi connectivity index (χ0) is 7.40. The lowest BCUT2D eigenvalue weighted by atomic mass is 10.1. The number of rotatable bonds is 1. The highest BCUT2D eigenvalue weighted by Crippen LogP contribution is 2.22. The van der Waals surface area contributed by atoms with Crippen LogP contribution in [0.5, 0.6) is 0 Å². The van der Waals surface area contributed by atoms with E-state index in [0.717, 1.165) is 0 Å². The van der Waals surface area contributed by atoms with Crippen molar-refractivity contribution < 1.29 is 0 Å². The molecule has 2 nitrogen and oxygen atoms in total. The summed E-state index contributed by atoms with van der Waals surface area (Å²) in [4.78, 5) is 0. The van der Waals surface area contributed by atoms with E-state index in [1.54, 1.807) is 0 Å². The first-order valence-corrected chi connectivity index (χ1v) is 4.34. The zero-order valence-electron chi connectivity index (χ0n) is 5.84. The van der Waals surface area contributed by atoms with E-state index in [1.807, 2.05) is 0 Å². The van der Waals surface area contributed by atoms with Gasteiger partial charge in [0, 0.05) is 5.25 Å². The minimum atomic E-state index is 0.233. The van der Waals surface area contributed by atoms with Crippen molar-refractivity contribution in [2.24, 2.45) is 5.73 Å². The van der Waals surface area contributed by atoms with Crippen LogP contribution in [0.1, 0.15) is 19.3 Å². The minimum absolute atomic E-state index is 0.233. The Hall–Kier alpha value is -0.440. The number of hydrogen-bond acceptors (Lipinski definition) is 2. The molecule has 0 fully saturated rings. The highest BCUT2D eigenvalue weighted by atomic mass is 32.2. The third kappa shape index (κ3) is 2.43. The summed E-state index contributed by atoms with van der Waals surface area (Å²) < 4.78 is 0. The van der Waals surface area contributed by atoms with Crippen LogP contribution >= 0.6 is 11.8 Å². The van der Waals surface area contributed by atoms with Crippen LogP contribution in [-0.4, -0.2) is 10.4 Å². The number of allylic oxidation sites excluding steroid dienone is 1. The van der Waals surface area contributed by atoms with E-state index in [1.165, 1.54) is 31.0 Å². The van der Waals surface area contributed by atoms with E-state index >= 15 is 0 Å². The molecular weight excluding hydrogens is 144 g/mol. The number of thioether (sulfide) groups is 1. The van der Waals surface area contributed by atoms with Crippen molar-refractivity contribution in [2.75, 3.05) is 0 Å². The second-order valence-electron chi connectivity index (χ2n) is 2.38. The van der Waals surface area contributed by atoms with Gasteiger partial charge in [0.15, 0.2) is 5.17 Å². The predicted octanol–water partition coefficient (Wildman–Crippen LogP) is 1.72. The van der Waals surface area contributed by atoms with Crippen molar-refractivity contribution in [3.05, 3.63) is 12.2 Å². The predicted molar refractivity (Wildman–Crippen MR) is 46.3 cm³/mol. The topological polar surface area (TPSA) is 49.9 Å². The third-order valence-corrected chi connectivity index (χ3v) is 2.44. The molecule has 1 aliphatic carbocycles. The number of nitrogens with two attached hydrogens (primary N) is 1. The summed E-state index contributed by atoms with van der Waals surface area (Å²) in [6, 6.07) is 0. The van der Waals surface area contributed by atoms with E-state index < -0.39 is 0 Å². The van der Waals surface area contributed by atoms with Crippen LogP contribution in [0.3, 0.4) is 0 Å². The molecule has 1 unspecified atom stereocenters. The van der Waals surface area contributed by atoms with Crippen molar-refractivity contribution in [3.63, 3.8) is 0 Å². The molecule has 1 atom stereocenters. The standard InChI is InChI=1S/C7H12N2S/c8-7(9)10-6-4-2-1-3-5-6/h2,4,6H,1,3,5H2,(H3,8,9). The fraction of sp³-hybridized carbons (Fsp3) is 0.571. The molecule has 0 saturated heterocycles. The lowest BCUT2D eigenvalue weighted by Gasteiger charge is -2.13. The summed E-state index contributed by atoms with van der Waals surface area (Å²) in [6.45, 7) is 0. The highest BCUT2D eigenvalue weighted by Gasteiger charge is 2.09. The molecule has 0 bridgehead atoms. The lowest BCUT2D eigenvalue weighted by Crippen LogP contribution is -2.12. The van der Waals surface area contributed by atoms with E-state index in [-0.39, 0.29) is 5.17 Å².